The van der Waals surface area contributed by atoms with Gasteiger partial charge in [-0.25, -0.2) is 0 Å². The van der Waals surface area contributed by atoms with Gasteiger partial charge in [0, 0.05) is 94.1 Å². The zero-order valence-electron chi connectivity index (χ0n) is 82.1. The Morgan fingerprint density at radius 2 is 0.230 bits per heavy atom. The molecular weight excluding hydrogens is 2200 g/mol. The minimum absolute atomic E-state index is 0.277. The molecule has 0 unspecified atom stereocenters. The molecule has 1 aliphatic rings. The molecule has 0 atom stereocenters. The van der Waals surface area contributed by atoms with Crippen molar-refractivity contribution in [2.24, 2.45) is 0 Å². The van der Waals surface area contributed by atoms with Crippen LogP contribution in [0.1, 0.15) is 185 Å². The fourth-order valence-electron chi connectivity index (χ4n) is 15.5. The predicted molar refractivity (Wildman–Crippen MR) is 619 cm³/mol. The van der Waals surface area contributed by atoms with E-state index in [-0.39, 0.29) is 39.6 Å². The largest absolute Gasteiger partial charge is 0.490 e. The molecule has 12 nitrogen and oxygen atoms in total. The topological polar surface area (TPSA) is 111 Å². The molecule has 0 heterocycles. The molecule has 1 aliphatic carbocycles. The zero-order chi connectivity index (χ0) is 105. The molecule has 28 heteroatoms. The Morgan fingerprint density at radius 3 is 0.358 bits per heavy atom. The van der Waals surface area contributed by atoms with E-state index in [2.05, 4.69) is 60.7 Å². The van der Waals surface area contributed by atoms with E-state index in [9.17, 15) is 0 Å². The van der Waals surface area contributed by atoms with Gasteiger partial charge < -0.3 is 56.8 Å². The van der Waals surface area contributed by atoms with Gasteiger partial charge in [0.25, 0.3) is 0 Å². The fraction of sp³-hybridized carbons (Fsp3) is 0.300. The summed E-state index contributed by atoms with van der Waals surface area (Å²) in [6.07, 6.45) is 34.2. The van der Waals surface area contributed by atoms with Crippen LogP contribution in [-0.2, 0) is 147 Å². The number of allylic oxidation sites excluding steroid dienone is 8. The van der Waals surface area contributed by atoms with E-state index in [0.29, 0.717) is 203 Å². The maximum atomic E-state index is 6.25. The van der Waals surface area contributed by atoms with Gasteiger partial charge in [0.05, 0.1) is 0 Å². The first-order valence-electron chi connectivity index (χ1n) is 48.4. The Kier molecular flexibility index (Phi) is 55.2. The van der Waals surface area contributed by atoms with E-state index in [1.165, 1.54) is 25.7 Å². The Bertz CT molecular complexity index is 5430. The van der Waals surface area contributed by atoms with Crippen molar-refractivity contribution in [3.05, 3.63) is 425 Å². The Labute approximate surface area is 952 Å². The van der Waals surface area contributed by atoms with Gasteiger partial charge in [-0.15, -0.1) is 186 Å². The van der Waals surface area contributed by atoms with Crippen LogP contribution in [0.25, 0.3) is 0 Å². The van der Waals surface area contributed by atoms with Crippen molar-refractivity contribution in [1.29, 1.82) is 0 Å². The van der Waals surface area contributed by atoms with Crippen molar-refractivity contribution in [2.45, 2.75) is 198 Å². The standard InChI is InChI=1S/C60H60Cl8O6.C52H48Cl8O6.C8H12/c61-31-43-13-44(32-62)20-57(19-43)71-39-51-17-52(40-72-58-21-45(33-63)14-46(22-58)34-64)28-55(27-51)69-11-9-7-5-3-1-2-4-6-8-10-12-70-56-29-53(41-73-59-23-47(35-65)15-48(24-59)36-66)18-54(30-56)42-74-60-25-49(37-67)16-50(26-60)38-68;53-23-35-5-36(24-54)12-49(11-35)63-31-43-9-44(32-64-50-13-37(25-55)6-38(14-50)26-56)20-47(19-43)61-3-1-2-4-62-48-21-45(33-65-51-15-39(27-57)7-40(16-51)28-58)10-46(22-48)34-66-52-17-41(29-59)8-42(18-52)30-60;1-2-4-6-8-7-5-3-1/h1-2,7-10,13-30H,3-6,11-12,31-42H2;1-2,5-22H,3-4,23-34H2;1-2,7-8H,3-6H2/b;2-1-;2-1-,8-7?. The zero-order valence-corrected chi connectivity index (χ0v) is 94.2. The van der Waals surface area contributed by atoms with Gasteiger partial charge in [0.15, 0.2) is 0 Å². The SMILES string of the molecule is C1=CCC/C=C\CC1.ClCc1cc(CCl)cc(OCc2cc(COc3cc(CCl)cc(CCl)c3)cc(OC/C=C\COc3cc(COc4cc(CCl)cc(CCl)c4)cc(COc4cc(CCl)cc(CCl)c4)c3)c2)c1.ClCc1cc(CCl)cc(OCc2cc(COc3cc(CCl)cc(CCl)c3)cc(OCC=CCCC=CCCC=CCOc3cc(COc4cc(CCl)cc(CCl)c4)cc(COc4cc(CCl)cc(CCl)c4)c3)c2)c1. The smallest absolute Gasteiger partial charge is 0.120 e. The number of alkyl halides is 16. The normalized spacial score (nSPS) is 12.1. The minimum Gasteiger partial charge on any atom is -0.490 e. The van der Waals surface area contributed by atoms with Gasteiger partial charge in [-0.05, 0) is 367 Å². The summed E-state index contributed by atoms with van der Waals surface area (Å²) in [7, 11) is 0. The van der Waals surface area contributed by atoms with Crippen molar-refractivity contribution in [3.8, 4) is 69.0 Å². The number of unbranched alkanes of at least 4 members (excludes halogenated alkanes) is 2. The predicted octanol–water partition coefficient (Wildman–Crippen LogP) is 37.2. The third-order valence-electron chi connectivity index (χ3n) is 22.4. The number of hydrogen-bond acceptors (Lipinski definition) is 12. The van der Waals surface area contributed by atoms with Gasteiger partial charge in [0.1, 0.15) is 148 Å². The number of halogens is 16. The van der Waals surface area contributed by atoms with Crippen molar-refractivity contribution in [1.82, 2.24) is 0 Å². The van der Waals surface area contributed by atoms with Crippen LogP contribution in [0.2, 0.25) is 0 Å². The van der Waals surface area contributed by atoms with Crippen molar-refractivity contribution in [2.75, 3.05) is 26.4 Å². The third kappa shape index (κ3) is 43.8. The van der Waals surface area contributed by atoms with Crippen LogP contribution in [0.15, 0.2) is 291 Å². The summed E-state index contributed by atoms with van der Waals surface area (Å²) in [5.41, 5.74) is 22.3. The first-order valence-corrected chi connectivity index (χ1v) is 56.9. The molecule has 0 aromatic heterocycles. The lowest BCUT2D eigenvalue weighted by Crippen LogP contribution is -2.04. The van der Waals surface area contributed by atoms with Gasteiger partial charge in [-0.3, -0.25) is 0 Å². The fourth-order valence-corrected chi connectivity index (χ4v) is 18.0. The molecule has 0 saturated heterocycles. The van der Waals surface area contributed by atoms with E-state index in [1.807, 2.05) is 231 Å². The molecule has 0 saturated carbocycles. The van der Waals surface area contributed by atoms with Crippen LogP contribution >= 0.6 is 186 Å². The van der Waals surface area contributed by atoms with Crippen LogP contribution in [-0.4, -0.2) is 26.4 Å². The van der Waals surface area contributed by atoms with Gasteiger partial charge >= 0.3 is 0 Å². The molecule has 0 bridgehead atoms. The summed E-state index contributed by atoms with van der Waals surface area (Å²) < 4.78 is 74.8. The van der Waals surface area contributed by atoms with Crippen molar-refractivity contribution in [3.63, 3.8) is 0 Å². The molecule has 12 aromatic rings. The summed E-state index contributed by atoms with van der Waals surface area (Å²) in [5.74, 6) is 14.0. The van der Waals surface area contributed by atoms with E-state index in [1.54, 1.807) is 0 Å². The molecule has 0 fully saturated rings. The lowest BCUT2D eigenvalue weighted by molar-refractivity contribution is 0.295. The van der Waals surface area contributed by atoms with Gasteiger partial charge in [-0.1, -0.05) is 109 Å². The molecule has 0 amide bonds. The van der Waals surface area contributed by atoms with Crippen molar-refractivity contribution < 1.29 is 56.8 Å². The minimum atomic E-state index is 0.277. The molecule has 0 aliphatic heterocycles. The number of rotatable bonds is 58. The molecule has 148 heavy (non-hydrogen) atoms. The molecule has 12 aromatic carbocycles. The summed E-state index contributed by atoms with van der Waals surface area (Å²) in [4.78, 5) is 0. The highest BCUT2D eigenvalue weighted by molar-refractivity contribution is 6.21. The number of ether oxygens (including phenoxy) is 12. The number of hydrogen-bond donors (Lipinski definition) is 0. The van der Waals surface area contributed by atoms with Gasteiger partial charge in [0.2, 0.25) is 0 Å². The highest BCUT2D eigenvalue weighted by Crippen LogP contribution is 2.35. The molecular formula is C120H120Cl16O12. The van der Waals surface area contributed by atoms with Crippen LogP contribution in [0.4, 0.5) is 0 Å². The van der Waals surface area contributed by atoms with Crippen LogP contribution in [0, 0.1) is 0 Å². The maximum Gasteiger partial charge on any atom is 0.120 e. The average molecular weight is 2320 g/mol. The van der Waals surface area contributed by atoms with Crippen LogP contribution in [0.5, 0.6) is 69.0 Å². The van der Waals surface area contributed by atoms with E-state index in [0.717, 1.165) is 159 Å². The van der Waals surface area contributed by atoms with E-state index in [4.69, 9.17) is 242 Å². The van der Waals surface area contributed by atoms with Crippen LogP contribution in [0.3, 0.4) is 0 Å². The van der Waals surface area contributed by atoms with E-state index < -0.39 is 0 Å². The quantitative estimate of drug-likeness (QED) is 0.0206. The van der Waals surface area contributed by atoms with Gasteiger partial charge in [-0.2, -0.15) is 0 Å². The molecule has 0 spiro atoms. The monoisotopic (exact) mass is 2310 g/mol. The molecule has 13 rings (SSSR count). The molecule has 0 N–H and O–H groups in total. The average Bonchev–Trinajstić information content (AvgIpc) is 0.860. The van der Waals surface area contributed by atoms with Crippen LogP contribution < -0.4 is 56.8 Å². The number of benzene rings is 12. The summed E-state index contributed by atoms with van der Waals surface area (Å²) in [5, 5.41) is 0. The lowest BCUT2D eigenvalue weighted by atomic mass is 10.1. The first-order chi connectivity index (χ1) is 72.4. The highest BCUT2D eigenvalue weighted by Gasteiger charge is 2.17. The van der Waals surface area contributed by atoms with E-state index >= 15 is 0 Å². The Morgan fingerprint density at radius 1 is 0.128 bits per heavy atom. The first kappa shape index (κ1) is 120. The highest BCUT2D eigenvalue weighted by atomic mass is 35.5. The summed E-state index contributed by atoms with van der Waals surface area (Å²) in [6, 6.07) is 70.5. The van der Waals surface area contributed by atoms with Crippen molar-refractivity contribution >= 4 is 186 Å². The second-order valence-electron chi connectivity index (χ2n) is 34.7. The second kappa shape index (κ2) is 68.4. The lowest BCUT2D eigenvalue weighted by Gasteiger charge is -2.14. The maximum absolute atomic E-state index is 6.25. The third-order valence-corrected chi connectivity index (χ3v) is 27.3. The summed E-state index contributed by atoms with van der Waals surface area (Å²) >= 11 is 98.3. The Hall–Kier alpha value is -8.68. The molecule has 784 valence electrons. The second-order valence-corrected chi connectivity index (χ2v) is 38.9. The Balaban J connectivity index is 0.000000262. The summed E-state index contributed by atoms with van der Waals surface area (Å²) in [6.45, 7) is 3.78. The molecule has 0 radical (unpaired) electrons.